The molecule has 0 aliphatic carbocycles. The van der Waals surface area contributed by atoms with Gasteiger partial charge in [-0.2, -0.15) is 5.26 Å². The normalized spacial score (nSPS) is 18.4. The Morgan fingerprint density at radius 3 is 2.25 bits per heavy atom. The van der Waals surface area contributed by atoms with Crippen LogP contribution in [0.1, 0.15) is 40.5 Å². The van der Waals surface area contributed by atoms with E-state index in [1.54, 1.807) is 0 Å². The summed E-state index contributed by atoms with van der Waals surface area (Å²) >= 11 is 0. The van der Waals surface area contributed by atoms with Crippen LogP contribution in [0.4, 0.5) is 0 Å². The van der Waals surface area contributed by atoms with Crippen LogP contribution in [0.5, 0.6) is 0 Å². The molecule has 0 fully saturated rings. The van der Waals surface area contributed by atoms with Crippen molar-refractivity contribution in [2.24, 2.45) is 17.6 Å². The molecular formula is C10H20N2. The monoisotopic (exact) mass is 168 g/mol. The molecule has 0 rings (SSSR count). The summed E-state index contributed by atoms with van der Waals surface area (Å²) in [6, 6.07) is 2.30. The number of rotatable bonds is 4. The Morgan fingerprint density at radius 2 is 2.00 bits per heavy atom. The Bertz CT molecular complexity index is 165. The van der Waals surface area contributed by atoms with Gasteiger partial charge in [0.15, 0.2) is 0 Å². The number of nitrogens with zero attached hydrogens (tertiary/aromatic N) is 1. The van der Waals surface area contributed by atoms with Gasteiger partial charge in [-0.3, -0.25) is 0 Å². The van der Waals surface area contributed by atoms with Gasteiger partial charge in [0.25, 0.3) is 0 Å². The highest BCUT2D eigenvalue weighted by molar-refractivity contribution is 4.98. The molecular weight excluding hydrogens is 148 g/mol. The van der Waals surface area contributed by atoms with Crippen molar-refractivity contribution in [3.63, 3.8) is 0 Å². The fraction of sp³-hybridized carbons (Fsp3) is 0.900. The molecule has 0 radical (unpaired) electrons. The fourth-order valence-electron chi connectivity index (χ4n) is 1.19. The maximum atomic E-state index is 8.91. The van der Waals surface area contributed by atoms with E-state index in [1.165, 1.54) is 0 Å². The predicted octanol–water partition coefficient (Wildman–Crippen LogP) is 2.30. The first-order valence-corrected chi connectivity index (χ1v) is 4.62. The lowest BCUT2D eigenvalue weighted by molar-refractivity contribution is 0.301. The van der Waals surface area contributed by atoms with E-state index in [4.69, 9.17) is 11.0 Å². The van der Waals surface area contributed by atoms with E-state index in [0.29, 0.717) is 5.92 Å². The summed E-state index contributed by atoms with van der Waals surface area (Å²) in [5.74, 6) is 0.534. The van der Waals surface area contributed by atoms with Crippen molar-refractivity contribution in [2.75, 3.05) is 0 Å². The maximum Gasteiger partial charge on any atom is 0.0675 e. The van der Waals surface area contributed by atoms with Crippen molar-refractivity contribution in [3.05, 3.63) is 0 Å². The van der Waals surface area contributed by atoms with Gasteiger partial charge in [-0.15, -0.1) is 0 Å². The lowest BCUT2D eigenvalue weighted by atomic mass is 9.80. The smallest absolute Gasteiger partial charge is 0.0675 e. The molecule has 2 unspecified atom stereocenters. The summed E-state index contributed by atoms with van der Waals surface area (Å²) in [6.07, 6.45) is 1.76. The minimum Gasteiger partial charge on any atom is -0.324 e. The van der Waals surface area contributed by atoms with Crippen molar-refractivity contribution in [3.8, 4) is 6.07 Å². The van der Waals surface area contributed by atoms with Crippen molar-refractivity contribution in [1.82, 2.24) is 0 Å². The van der Waals surface area contributed by atoms with E-state index in [0.717, 1.165) is 12.8 Å². The van der Waals surface area contributed by atoms with Gasteiger partial charge >= 0.3 is 0 Å². The highest BCUT2D eigenvalue weighted by Gasteiger charge is 2.28. The molecule has 0 saturated heterocycles. The molecule has 0 aliphatic rings. The average molecular weight is 168 g/mol. The molecule has 2 heteroatoms. The van der Waals surface area contributed by atoms with Crippen LogP contribution in [-0.2, 0) is 0 Å². The van der Waals surface area contributed by atoms with Crippen molar-refractivity contribution in [2.45, 2.75) is 46.1 Å². The highest BCUT2D eigenvalue weighted by Crippen LogP contribution is 2.24. The Balaban J connectivity index is 4.26. The molecule has 70 valence electrons. The third-order valence-corrected chi connectivity index (χ3v) is 2.42. The molecule has 0 heterocycles. The quantitative estimate of drug-likeness (QED) is 0.700. The minimum atomic E-state index is -0.320. The molecule has 0 saturated carbocycles. The second-order valence-electron chi connectivity index (χ2n) is 4.17. The first kappa shape index (κ1) is 11.4. The topological polar surface area (TPSA) is 49.8 Å². The highest BCUT2D eigenvalue weighted by atomic mass is 14.7. The molecule has 0 bridgehead atoms. The maximum absolute atomic E-state index is 8.91. The lowest BCUT2D eigenvalue weighted by Gasteiger charge is -2.29. The zero-order chi connectivity index (χ0) is 9.78. The standard InChI is InChI=1S/C10H20N2/c1-5-10(4,12)9(7-11)6-8(2)3/h8-9H,5-6,12H2,1-4H3. The van der Waals surface area contributed by atoms with Gasteiger partial charge in [0, 0.05) is 5.54 Å². The Labute approximate surface area is 75.8 Å². The molecule has 0 amide bonds. The van der Waals surface area contributed by atoms with Crippen LogP contribution >= 0.6 is 0 Å². The van der Waals surface area contributed by atoms with Gasteiger partial charge in [-0.05, 0) is 25.7 Å². The van der Waals surface area contributed by atoms with Crippen LogP contribution in [0.3, 0.4) is 0 Å². The minimum absolute atomic E-state index is 0.0116. The fourth-order valence-corrected chi connectivity index (χ4v) is 1.19. The first-order chi connectivity index (χ1) is 5.44. The second-order valence-corrected chi connectivity index (χ2v) is 4.17. The van der Waals surface area contributed by atoms with Gasteiger partial charge in [-0.25, -0.2) is 0 Å². The molecule has 2 atom stereocenters. The van der Waals surface area contributed by atoms with Gasteiger partial charge in [0.2, 0.25) is 0 Å². The molecule has 2 N–H and O–H groups in total. The number of nitrogens with two attached hydrogens (primary N) is 1. The summed E-state index contributed by atoms with van der Waals surface area (Å²) in [6.45, 7) is 8.24. The van der Waals surface area contributed by atoms with Gasteiger partial charge < -0.3 is 5.73 Å². The average Bonchev–Trinajstić information content (AvgIpc) is 1.99. The third-order valence-electron chi connectivity index (χ3n) is 2.42. The molecule has 0 aromatic heterocycles. The number of hydrogen-bond acceptors (Lipinski definition) is 2. The zero-order valence-corrected chi connectivity index (χ0v) is 8.59. The number of hydrogen-bond donors (Lipinski definition) is 1. The molecule has 2 nitrogen and oxygen atoms in total. The molecule has 0 aliphatic heterocycles. The third kappa shape index (κ3) is 3.23. The predicted molar refractivity (Wildman–Crippen MR) is 51.4 cm³/mol. The molecule has 0 spiro atoms. The van der Waals surface area contributed by atoms with Crippen molar-refractivity contribution in [1.29, 1.82) is 5.26 Å². The van der Waals surface area contributed by atoms with E-state index in [1.807, 2.05) is 13.8 Å². The van der Waals surface area contributed by atoms with E-state index in [2.05, 4.69) is 19.9 Å². The van der Waals surface area contributed by atoms with E-state index >= 15 is 0 Å². The summed E-state index contributed by atoms with van der Waals surface area (Å²) in [5.41, 5.74) is 5.68. The van der Waals surface area contributed by atoms with Crippen molar-refractivity contribution < 1.29 is 0 Å². The molecule has 0 aromatic carbocycles. The number of nitriles is 1. The van der Waals surface area contributed by atoms with Crippen LogP contribution in [0, 0.1) is 23.2 Å². The summed E-state index contributed by atoms with van der Waals surface area (Å²) in [5, 5.41) is 8.91. The summed E-state index contributed by atoms with van der Waals surface area (Å²) in [4.78, 5) is 0. The van der Waals surface area contributed by atoms with Gasteiger partial charge in [-0.1, -0.05) is 20.8 Å². The largest absolute Gasteiger partial charge is 0.324 e. The van der Waals surface area contributed by atoms with Crippen LogP contribution in [0.15, 0.2) is 0 Å². The zero-order valence-electron chi connectivity index (χ0n) is 8.59. The van der Waals surface area contributed by atoms with Crippen LogP contribution in [-0.4, -0.2) is 5.54 Å². The summed E-state index contributed by atoms with van der Waals surface area (Å²) in [7, 11) is 0. The Hall–Kier alpha value is -0.550. The SMILES string of the molecule is CCC(C)(N)C(C#N)CC(C)C. The van der Waals surface area contributed by atoms with Gasteiger partial charge in [0.1, 0.15) is 0 Å². The lowest BCUT2D eigenvalue weighted by Crippen LogP contribution is -2.43. The molecule has 0 aromatic rings. The molecule has 12 heavy (non-hydrogen) atoms. The second kappa shape index (κ2) is 4.47. The van der Waals surface area contributed by atoms with Crippen LogP contribution in [0.25, 0.3) is 0 Å². The van der Waals surface area contributed by atoms with Crippen LogP contribution < -0.4 is 5.73 Å². The Morgan fingerprint density at radius 1 is 1.50 bits per heavy atom. The van der Waals surface area contributed by atoms with Crippen molar-refractivity contribution >= 4 is 0 Å². The Kier molecular flexibility index (Phi) is 4.26. The first-order valence-electron chi connectivity index (χ1n) is 4.62. The van der Waals surface area contributed by atoms with Gasteiger partial charge in [0.05, 0.1) is 12.0 Å². The van der Waals surface area contributed by atoms with E-state index in [-0.39, 0.29) is 11.5 Å². The van der Waals surface area contributed by atoms with E-state index < -0.39 is 0 Å². The van der Waals surface area contributed by atoms with E-state index in [9.17, 15) is 0 Å². The summed E-state index contributed by atoms with van der Waals surface area (Å²) < 4.78 is 0. The van der Waals surface area contributed by atoms with Crippen LogP contribution in [0.2, 0.25) is 0 Å².